The number of aromatic nitrogens is 1. The van der Waals surface area contributed by atoms with Crippen LogP contribution in [0.4, 0.5) is 5.69 Å². The second-order valence-electron chi connectivity index (χ2n) is 4.79. The van der Waals surface area contributed by atoms with E-state index in [1.54, 1.807) is 11.1 Å². The highest BCUT2D eigenvalue weighted by Crippen LogP contribution is 2.33. The number of fused-ring (bicyclic) bond motifs is 1. The highest BCUT2D eigenvalue weighted by molar-refractivity contribution is 7.21. The summed E-state index contributed by atoms with van der Waals surface area (Å²) < 4.78 is 0. The van der Waals surface area contributed by atoms with Gasteiger partial charge in [-0.05, 0) is 18.6 Å². The molecule has 1 aliphatic rings. The van der Waals surface area contributed by atoms with E-state index in [0.29, 0.717) is 23.7 Å². The molecule has 1 amide bonds. The van der Waals surface area contributed by atoms with Crippen molar-refractivity contribution in [3.8, 4) is 0 Å². The molecule has 2 aromatic rings. The van der Waals surface area contributed by atoms with Gasteiger partial charge in [-0.3, -0.25) is 4.79 Å². The van der Waals surface area contributed by atoms with E-state index in [1.165, 1.54) is 11.3 Å². The van der Waals surface area contributed by atoms with Crippen molar-refractivity contribution in [2.45, 2.75) is 6.42 Å². The molecule has 1 atom stereocenters. The van der Waals surface area contributed by atoms with Gasteiger partial charge in [0.15, 0.2) is 0 Å². The minimum atomic E-state index is -0.0450. The summed E-state index contributed by atoms with van der Waals surface area (Å²) in [7, 11) is 0. The van der Waals surface area contributed by atoms with Crippen LogP contribution in [0.3, 0.4) is 0 Å². The quantitative estimate of drug-likeness (QED) is 0.868. The molecule has 1 aliphatic heterocycles. The molecule has 3 heterocycles. The highest BCUT2D eigenvalue weighted by Gasteiger charge is 2.29. The van der Waals surface area contributed by atoms with Gasteiger partial charge in [0.2, 0.25) is 0 Å². The van der Waals surface area contributed by atoms with Gasteiger partial charge in [0.05, 0.1) is 5.69 Å². The van der Waals surface area contributed by atoms with Gasteiger partial charge >= 0.3 is 0 Å². The Morgan fingerprint density at radius 2 is 2.47 bits per heavy atom. The van der Waals surface area contributed by atoms with Crippen molar-refractivity contribution in [2.75, 3.05) is 25.4 Å². The average molecular weight is 277 g/mol. The maximum atomic E-state index is 12.4. The van der Waals surface area contributed by atoms with Crippen molar-refractivity contribution in [1.82, 2.24) is 9.88 Å². The Balaban J connectivity index is 1.92. The number of carbonyl (C=O) groups is 1. The first kappa shape index (κ1) is 12.4. The number of anilines is 1. The molecule has 1 unspecified atom stereocenters. The van der Waals surface area contributed by atoms with E-state index in [0.717, 1.165) is 16.6 Å². The van der Waals surface area contributed by atoms with Crippen molar-refractivity contribution >= 4 is 33.1 Å². The summed E-state index contributed by atoms with van der Waals surface area (Å²) in [6, 6.07) is 3.70. The fourth-order valence-electron chi connectivity index (χ4n) is 2.42. The van der Waals surface area contributed by atoms with Crippen LogP contribution in [0.5, 0.6) is 0 Å². The Hall–Kier alpha value is -1.66. The second-order valence-corrected chi connectivity index (χ2v) is 5.79. The number of aliphatic hydroxyl groups excluding tert-OH is 1. The standard InChI is InChI=1S/C13H15N3O2S/c14-10-9-2-1-4-15-12(9)19-11(10)13(18)16-5-3-8(6-16)7-17/h1-2,4,8,17H,3,5-7,14H2. The van der Waals surface area contributed by atoms with Crippen molar-refractivity contribution in [3.05, 3.63) is 23.2 Å². The SMILES string of the molecule is Nc1c(C(=O)N2CCC(CO)C2)sc2ncccc12. The molecule has 0 aromatic carbocycles. The molecule has 1 saturated heterocycles. The van der Waals surface area contributed by atoms with E-state index in [4.69, 9.17) is 10.8 Å². The molecule has 0 radical (unpaired) electrons. The summed E-state index contributed by atoms with van der Waals surface area (Å²) in [5.74, 6) is 0.147. The number of pyridine rings is 1. The zero-order valence-electron chi connectivity index (χ0n) is 10.4. The van der Waals surface area contributed by atoms with E-state index in [9.17, 15) is 4.79 Å². The van der Waals surface area contributed by atoms with Crippen molar-refractivity contribution in [3.63, 3.8) is 0 Å². The minimum absolute atomic E-state index is 0.0450. The largest absolute Gasteiger partial charge is 0.397 e. The number of nitrogen functional groups attached to an aromatic ring is 1. The molecular weight excluding hydrogens is 262 g/mol. The molecule has 0 bridgehead atoms. The number of aliphatic hydroxyl groups is 1. The summed E-state index contributed by atoms with van der Waals surface area (Å²) in [5, 5.41) is 9.98. The maximum Gasteiger partial charge on any atom is 0.266 e. The molecule has 6 heteroatoms. The number of carbonyl (C=O) groups excluding carboxylic acids is 1. The van der Waals surface area contributed by atoms with Gasteiger partial charge in [-0.15, -0.1) is 11.3 Å². The van der Waals surface area contributed by atoms with Gasteiger partial charge < -0.3 is 15.7 Å². The number of amides is 1. The first-order valence-corrected chi connectivity index (χ1v) is 7.05. The third-order valence-corrected chi connectivity index (χ3v) is 4.65. The summed E-state index contributed by atoms with van der Waals surface area (Å²) in [6.45, 7) is 1.43. The van der Waals surface area contributed by atoms with Gasteiger partial charge in [-0.2, -0.15) is 0 Å². The summed E-state index contributed by atoms with van der Waals surface area (Å²) in [4.78, 5) is 19.8. The zero-order valence-corrected chi connectivity index (χ0v) is 11.2. The first-order valence-electron chi connectivity index (χ1n) is 6.24. The Bertz CT molecular complexity index is 625. The van der Waals surface area contributed by atoms with Crippen LogP contribution in [-0.2, 0) is 0 Å². The van der Waals surface area contributed by atoms with Gasteiger partial charge in [0.25, 0.3) is 5.91 Å². The number of nitrogens with two attached hydrogens (primary N) is 1. The van der Waals surface area contributed by atoms with E-state index >= 15 is 0 Å². The van der Waals surface area contributed by atoms with Gasteiger partial charge in [0.1, 0.15) is 9.71 Å². The maximum absolute atomic E-state index is 12.4. The molecule has 0 aliphatic carbocycles. The molecule has 0 spiro atoms. The number of rotatable bonds is 2. The molecule has 100 valence electrons. The third kappa shape index (κ3) is 2.06. The molecule has 5 nitrogen and oxygen atoms in total. The van der Waals surface area contributed by atoms with Crippen LogP contribution >= 0.6 is 11.3 Å². The topological polar surface area (TPSA) is 79.5 Å². The summed E-state index contributed by atoms with van der Waals surface area (Å²) in [5.41, 5.74) is 6.57. The average Bonchev–Trinajstić information content (AvgIpc) is 3.04. The third-order valence-electron chi connectivity index (χ3n) is 3.53. The molecule has 3 N–H and O–H groups in total. The zero-order chi connectivity index (χ0) is 13.4. The Kier molecular flexibility index (Phi) is 3.12. The fraction of sp³-hybridized carbons (Fsp3) is 0.385. The van der Waals surface area contributed by atoms with Gasteiger partial charge in [-0.25, -0.2) is 4.98 Å². The van der Waals surface area contributed by atoms with Crippen molar-refractivity contribution < 1.29 is 9.90 Å². The normalized spacial score (nSPS) is 19.2. The monoisotopic (exact) mass is 277 g/mol. The number of likely N-dealkylation sites (tertiary alicyclic amines) is 1. The molecule has 19 heavy (non-hydrogen) atoms. The number of hydrogen-bond donors (Lipinski definition) is 2. The number of thiophene rings is 1. The van der Waals surface area contributed by atoms with E-state index in [1.807, 2.05) is 12.1 Å². The highest BCUT2D eigenvalue weighted by atomic mass is 32.1. The summed E-state index contributed by atoms with van der Waals surface area (Å²) >= 11 is 1.34. The van der Waals surface area contributed by atoms with Crippen molar-refractivity contribution in [1.29, 1.82) is 0 Å². The van der Waals surface area contributed by atoms with E-state index < -0.39 is 0 Å². The van der Waals surface area contributed by atoms with Crippen LogP contribution in [0.2, 0.25) is 0 Å². The predicted octanol–water partition coefficient (Wildman–Crippen LogP) is 1.33. The second kappa shape index (κ2) is 4.79. The molecule has 3 rings (SSSR count). The summed E-state index contributed by atoms with van der Waals surface area (Å²) in [6.07, 6.45) is 2.55. The van der Waals surface area contributed by atoms with Gasteiger partial charge in [-0.1, -0.05) is 0 Å². The molecule has 0 saturated carbocycles. The predicted molar refractivity (Wildman–Crippen MR) is 75.1 cm³/mol. The lowest BCUT2D eigenvalue weighted by Gasteiger charge is -2.15. The van der Waals surface area contributed by atoms with E-state index in [2.05, 4.69) is 4.98 Å². The Morgan fingerprint density at radius 3 is 3.16 bits per heavy atom. The molecular formula is C13H15N3O2S. The number of nitrogens with zero attached hydrogens (tertiary/aromatic N) is 2. The Morgan fingerprint density at radius 1 is 1.63 bits per heavy atom. The number of hydrogen-bond acceptors (Lipinski definition) is 5. The van der Waals surface area contributed by atoms with E-state index in [-0.39, 0.29) is 18.4 Å². The lowest BCUT2D eigenvalue weighted by Crippen LogP contribution is -2.29. The van der Waals surface area contributed by atoms with Crippen molar-refractivity contribution in [2.24, 2.45) is 5.92 Å². The smallest absolute Gasteiger partial charge is 0.266 e. The van der Waals surface area contributed by atoms with Crippen LogP contribution in [-0.4, -0.2) is 40.6 Å². The minimum Gasteiger partial charge on any atom is -0.397 e. The van der Waals surface area contributed by atoms with Crippen LogP contribution in [0.25, 0.3) is 10.2 Å². The lowest BCUT2D eigenvalue weighted by molar-refractivity contribution is 0.0787. The van der Waals surface area contributed by atoms with Crippen LogP contribution in [0.15, 0.2) is 18.3 Å². The van der Waals surface area contributed by atoms with Crippen LogP contribution in [0, 0.1) is 5.92 Å². The fourth-order valence-corrected chi connectivity index (χ4v) is 3.45. The lowest BCUT2D eigenvalue weighted by atomic mass is 10.1. The van der Waals surface area contributed by atoms with Crippen LogP contribution < -0.4 is 5.73 Å². The molecule has 1 fully saturated rings. The van der Waals surface area contributed by atoms with Gasteiger partial charge in [0, 0.05) is 37.2 Å². The van der Waals surface area contributed by atoms with Crippen LogP contribution in [0.1, 0.15) is 16.1 Å². The molecule has 2 aromatic heterocycles. The Labute approximate surface area is 114 Å². The first-order chi connectivity index (χ1) is 9.20.